The molecule has 4 fully saturated rings. The molecule has 6 rings (SSSR count). The number of rotatable bonds is 14. The van der Waals surface area contributed by atoms with Gasteiger partial charge in [0.2, 0.25) is 0 Å². The van der Waals surface area contributed by atoms with Crippen LogP contribution in [0.1, 0.15) is 168 Å². The van der Waals surface area contributed by atoms with Gasteiger partial charge in [0, 0.05) is 11.1 Å². The number of thioether (sulfide) groups is 1. The number of allylic oxidation sites excluding steroid dienone is 8. The lowest BCUT2D eigenvalue weighted by molar-refractivity contribution is 0.151. The first kappa shape index (κ1) is 41.2. The molecule has 2 atom stereocenters. The molecule has 0 aromatic heterocycles. The molecule has 0 bridgehead atoms. The van der Waals surface area contributed by atoms with Gasteiger partial charge in [0.1, 0.15) is 0 Å². The molecule has 0 spiro atoms. The Kier molecular flexibility index (Phi) is 16.0. The maximum Gasteiger partial charge on any atom is 0.163 e. The standard InChI is InChI=1S/C48H70F4S/c1-3-5-7-9-33-11-19-37(20-12-33)39-23-15-35(16-24-39)31-41-45(29-27-43(49)47(41)51)53-46-30-28-44(50)48(52)42(46)32-36-17-25-40(26-18-36)38-21-13-34(14-22-38)10-8-6-4-2/h27-40,45-46H,3-26H2,1-2H3. The van der Waals surface area contributed by atoms with E-state index in [4.69, 9.17) is 0 Å². The lowest BCUT2D eigenvalue weighted by Crippen LogP contribution is -2.26. The quantitative estimate of drug-likeness (QED) is 0.126. The minimum atomic E-state index is -0.828. The topological polar surface area (TPSA) is 0 Å². The van der Waals surface area contributed by atoms with Crippen LogP contribution in [0.2, 0.25) is 0 Å². The van der Waals surface area contributed by atoms with Gasteiger partial charge in [0.25, 0.3) is 0 Å². The van der Waals surface area contributed by atoms with E-state index >= 15 is 8.78 Å². The monoisotopic (exact) mass is 755 g/mol. The predicted octanol–water partition coefficient (Wildman–Crippen LogP) is 16.1. The van der Waals surface area contributed by atoms with Crippen molar-refractivity contribution in [3.05, 3.63) is 70.9 Å². The Morgan fingerprint density at radius 2 is 0.830 bits per heavy atom. The van der Waals surface area contributed by atoms with E-state index in [0.29, 0.717) is 11.1 Å². The van der Waals surface area contributed by atoms with E-state index < -0.39 is 33.8 Å². The van der Waals surface area contributed by atoms with Gasteiger partial charge in [-0.05, 0) is 137 Å². The second-order valence-electron chi connectivity index (χ2n) is 18.2. The van der Waals surface area contributed by atoms with E-state index in [1.54, 1.807) is 12.2 Å². The summed E-state index contributed by atoms with van der Waals surface area (Å²) in [5.41, 5.74) is 0.768. The van der Waals surface area contributed by atoms with Crippen molar-refractivity contribution in [3.8, 4) is 0 Å². The fourth-order valence-electron chi connectivity index (χ4n) is 11.3. The summed E-state index contributed by atoms with van der Waals surface area (Å²) < 4.78 is 60.7. The van der Waals surface area contributed by atoms with Gasteiger partial charge in [0.05, 0.1) is 10.5 Å². The number of hydrogen-bond donors (Lipinski definition) is 0. The highest BCUT2D eigenvalue weighted by Gasteiger charge is 2.35. The molecule has 5 heteroatoms. The fraction of sp³-hybridized carbons (Fsp3) is 0.750. The number of halogens is 4. The van der Waals surface area contributed by atoms with E-state index in [9.17, 15) is 8.78 Å². The number of hydrogen-bond acceptors (Lipinski definition) is 1. The van der Waals surface area contributed by atoms with Gasteiger partial charge in [-0.2, -0.15) is 0 Å². The molecule has 0 radical (unpaired) electrons. The summed E-state index contributed by atoms with van der Waals surface area (Å²) in [6, 6.07) is 0. The summed E-state index contributed by atoms with van der Waals surface area (Å²) >= 11 is 1.42. The van der Waals surface area contributed by atoms with Gasteiger partial charge < -0.3 is 0 Å². The molecule has 0 aliphatic heterocycles. The van der Waals surface area contributed by atoms with Crippen LogP contribution in [0.25, 0.3) is 0 Å². The second-order valence-corrected chi connectivity index (χ2v) is 19.5. The van der Waals surface area contributed by atoms with E-state index in [1.807, 2.05) is 12.2 Å². The van der Waals surface area contributed by atoms with Crippen molar-refractivity contribution in [2.45, 2.75) is 178 Å². The molecular formula is C48H70F4S. The highest BCUT2D eigenvalue weighted by Crippen LogP contribution is 2.48. The van der Waals surface area contributed by atoms with Crippen molar-refractivity contribution >= 4 is 11.8 Å². The molecule has 0 amide bonds. The molecule has 6 aliphatic rings. The largest absolute Gasteiger partial charge is 0.204 e. The van der Waals surface area contributed by atoms with Crippen molar-refractivity contribution in [2.24, 2.45) is 47.3 Å². The summed E-state index contributed by atoms with van der Waals surface area (Å²) in [6.07, 6.45) is 40.4. The van der Waals surface area contributed by atoms with Crippen LogP contribution in [-0.4, -0.2) is 10.5 Å². The summed E-state index contributed by atoms with van der Waals surface area (Å²) in [5.74, 6) is 2.21. The Balaban J connectivity index is 1.03. The lowest BCUT2D eigenvalue weighted by atomic mass is 9.68. The molecule has 0 aromatic carbocycles. The van der Waals surface area contributed by atoms with Crippen LogP contribution in [0.4, 0.5) is 17.6 Å². The van der Waals surface area contributed by atoms with Crippen LogP contribution in [0.3, 0.4) is 0 Å². The Labute approximate surface area is 325 Å². The average molecular weight is 755 g/mol. The molecule has 0 nitrogen and oxygen atoms in total. The lowest BCUT2D eigenvalue weighted by Gasteiger charge is -2.38. The first-order chi connectivity index (χ1) is 25.8. The van der Waals surface area contributed by atoms with E-state index in [2.05, 4.69) is 13.8 Å². The third kappa shape index (κ3) is 11.3. The highest BCUT2D eigenvalue weighted by molar-refractivity contribution is 8.01. The molecule has 4 saturated carbocycles. The van der Waals surface area contributed by atoms with Crippen LogP contribution < -0.4 is 0 Å². The van der Waals surface area contributed by atoms with Crippen molar-refractivity contribution in [3.63, 3.8) is 0 Å². The van der Waals surface area contributed by atoms with Crippen LogP contribution in [0.15, 0.2) is 70.9 Å². The zero-order valence-corrected chi connectivity index (χ0v) is 33.9. The molecule has 0 N–H and O–H groups in total. The third-order valence-corrected chi connectivity index (χ3v) is 16.1. The van der Waals surface area contributed by atoms with Crippen molar-refractivity contribution in [1.82, 2.24) is 0 Å². The zero-order valence-electron chi connectivity index (χ0n) is 33.1. The molecular weight excluding hydrogens is 685 g/mol. The van der Waals surface area contributed by atoms with Gasteiger partial charge >= 0.3 is 0 Å². The van der Waals surface area contributed by atoms with E-state index in [0.717, 1.165) is 86.9 Å². The predicted molar refractivity (Wildman–Crippen MR) is 218 cm³/mol. The maximum absolute atomic E-state index is 15.6. The average Bonchev–Trinajstić information content (AvgIpc) is 3.18. The Morgan fingerprint density at radius 3 is 1.17 bits per heavy atom. The van der Waals surface area contributed by atoms with Crippen LogP contribution in [0, 0.1) is 47.3 Å². The molecule has 53 heavy (non-hydrogen) atoms. The first-order valence-corrected chi connectivity index (χ1v) is 23.3. The molecule has 296 valence electrons. The first-order valence-electron chi connectivity index (χ1n) is 22.4. The zero-order chi connectivity index (χ0) is 37.2. The summed E-state index contributed by atoms with van der Waals surface area (Å²) in [4.78, 5) is 0. The maximum atomic E-state index is 15.6. The number of unbranched alkanes of at least 4 members (excludes halogenated alkanes) is 4. The highest BCUT2D eigenvalue weighted by atomic mass is 32.2. The van der Waals surface area contributed by atoms with Crippen molar-refractivity contribution in [2.75, 3.05) is 0 Å². The minimum absolute atomic E-state index is 0.220. The smallest absolute Gasteiger partial charge is 0.163 e. The van der Waals surface area contributed by atoms with Crippen LogP contribution in [-0.2, 0) is 0 Å². The SMILES string of the molecule is CCCCCC1CCC(C2CCC(C=C3C(F)=C(F)C=CC3SC3C=CC(F)=C(F)C3=CC3CCC(C4CCC(CCCCC)CC4)CC3)CC2)CC1. The Bertz CT molecular complexity index is 1230. The fourth-order valence-corrected chi connectivity index (χ4v) is 12.6. The van der Waals surface area contributed by atoms with Gasteiger partial charge in [-0.25, -0.2) is 17.6 Å². The normalized spacial score (nSPS) is 37.2. The molecule has 2 unspecified atom stereocenters. The van der Waals surface area contributed by atoms with Gasteiger partial charge in [0.15, 0.2) is 23.3 Å². The summed E-state index contributed by atoms with van der Waals surface area (Å²) in [7, 11) is 0. The third-order valence-electron chi connectivity index (χ3n) is 14.7. The summed E-state index contributed by atoms with van der Waals surface area (Å²) in [5, 5.41) is -0.898. The summed E-state index contributed by atoms with van der Waals surface area (Å²) in [6.45, 7) is 4.56. The molecule has 0 saturated heterocycles. The second kappa shape index (κ2) is 20.6. The minimum Gasteiger partial charge on any atom is -0.204 e. The van der Waals surface area contributed by atoms with E-state index in [-0.39, 0.29) is 11.8 Å². The van der Waals surface area contributed by atoms with Gasteiger partial charge in [-0.1, -0.05) is 115 Å². The molecule has 0 heterocycles. The molecule has 6 aliphatic carbocycles. The Hall–Kier alpha value is -1.49. The van der Waals surface area contributed by atoms with E-state index in [1.165, 1.54) is 127 Å². The van der Waals surface area contributed by atoms with Crippen LogP contribution in [0.5, 0.6) is 0 Å². The Morgan fingerprint density at radius 1 is 0.491 bits per heavy atom. The van der Waals surface area contributed by atoms with Crippen molar-refractivity contribution in [1.29, 1.82) is 0 Å². The van der Waals surface area contributed by atoms with Gasteiger partial charge in [-0.15, -0.1) is 11.8 Å². The van der Waals surface area contributed by atoms with Gasteiger partial charge in [-0.3, -0.25) is 0 Å². The molecule has 0 aromatic rings. The van der Waals surface area contributed by atoms with Crippen molar-refractivity contribution < 1.29 is 17.6 Å². The van der Waals surface area contributed by atoms with Crippen LogP contribution >= 0.6 is 11.8 Å².